The van der Waals surface area contributed by atoms with Gasteiger partial charge in [-0.05, 0) is 32.5 Å². The Morgan fingerprint density at radius 1 is 1.33 bits per heavy atom. The number of rotatable bonds is 3. The van der Waals surface area contributed by atoms with Crippen LogP contribution in [0.15, 0.2) is 29.2 Å². The van der Waals surface area contributed by atoms with Crippen molar-refractivity contribution in [3.05, 3.63) is 29.8 Å². The normalized spacial score (nSPS) is 17.7. The molecule has 1 aromatic carbocycles. The number of benzene rings is 1. The molecule has 1 aromatic rings. The molecule has 0 unspecified atom stereocenters. The fourth-order valence-corrected chi connectivity index (χ4v) is 3.77. The highest BCUT2D eigenvalue weighted by molar-refractivity contribution is 7.91. The van der Waals surface area contributed by atoms with Gasteiger partial charge in [0.2, 0.25) is 5.91 Å². The molecule has 0 N–H and O–H groups in total. The van der Waals surface area contributed by atoms with Crippen LogP contribution in [0.3, 0.4) is 0 Å². The molecule has 116 valence electrons. The summed E-state index contributed by atoms with van der Waals surface area (Å²) in [6.07, 6.45) is 0. The molecule has 1 aliphatic rings. The van der Waals surface area contributed by atoms with E-state index in [0.717, 1.165) is 0 Å². The summed E-state index contributed by atoms with van der Waals surface area (Å²) in [5.74, 6) is -0.0423. The summed E-state index contributed by atoms with van der Waals surface area (Å²) in [7, 11) is -1.40. The van der Waals surface area contributed by atoms with Gasteiger partial charge in [-0.2, -0.15) is 0 Å². The zero-order valence-electron chi connectivity index (χ0n) is 12.7. The van der Waals surface area contributed by atoms with Gasteiger partial charge < -0.3 is 4.90 Å². The maximum absolute atomic E-state index is 12.4. The van der Waals surface area contributed by atoms with Gasteiger partial charge >= 0.3 is 0 Å². The van der Waals surface area contributed by atoms with Crippen molar-refractivity contribution in [2.45, 2.75) is 31.3 Å². The zero-order chi connectivity index (χ0) is 15.6. The highest BCUT2D eigenvalue weighted by Gasteiger charge is 2.27. The second-order valence-electron chi connectivity index (χ2n) is 5.75. The van der Waals surface area contributed by atoms with Crippen LogP contribution in [0.5, 0.6) is 0 Å². The monoisotopic (exact) mass is 310 g/mol. The molecule has 0 spiro atoms. The molecular weight excluding hydrogens is 288 g/mol. The van der Waals surface area contributed by atoms with E-state index >= 15 is 0 Å². The maximum atomic E-state index is 12.4. The molecule has 0 atom stereocenters. The minimum atomic E-state index is -3.30. The number of hydrogen-bond donors (Lipinski definition) is 0. The topological polar surface area (TPSA) is 57.7 Å². The molecule has 2 rings (SSSR count). The molecule has 1 amide bonds. The molecule has 0 saturated heterocycles. The Kier molecular flexibility index (Phi) is 4.68. The highest BCUT2D eigenvalue weighted by atomic mass is 32.2. The van der Waals surface area contributed by atoms with E-state index in [9.17, 15) is 13.2 Å². The Bertz CT molecular complexity index is 626. The number of amides is 1. The molecule has 6 heteroatoms. The zero-order valence-corrected chi connectivity index (χ0v) is 13.6. The maximum Gasteiger partial charge on any atom is 0.237 e. The van der Waals surface area contributed by atoms with Crippen molar-refractivity contribution in [1.29, 1.82) is 0 Å². The first-order chi connectivity index (χ1) is 9.81. The van der Waals surface area contributed by atoms with Crippen molar-refractivity contribution < 1.29 is 13.2 Å². The van der Waals surface area contributed by atoms with Crippen molar-refractivity contribution in [2.75, 3.05) is 25.9 Å². The van der Waals surface area contributed by atoms with Crippen LogP contribution < -0.4 is 0 Å². The van der Waals surface area contributed by atoms with Crippen LogP contribution in [0.1, 0.15) is 19.4 Å². The smallest absolute Gasteiger partial charge is 0.237 e. The summed E-state index contributed by atoms with van der Waals surface area (Å²) in [6.45, 7) is 4.97. The summed E-state index contributed by atoms with van der Waals surface area (Å²) in [6, 6.07) is 7.21. The quantitative estimate of drug-likeness (QED) is 0.840. The molecule has 0 saturated carbocycles. The van der Waals surface area contributed by atoms with E-state index in [0.29, 0.717) is 23.5 Å². The number of fused-ring (bicyclic) bond motifs is 1. The molecule has 0 fully saturated rings. The Morgan fingerprint density at radius 3 is 2.67 bits per heavy atom. The van der Waals surface area contributed by atoms with E-state index in [1.165, 1.54) is 0 Å². The minimum absolute atomic E-state index is 0.0128. The van der Waals surface area contributed by atoms with Crippen molar-refractivity contribution in [2.24, 2.45) is 0 Å². The van der Waals surface area contributed by atoms with Gasteiger partial charge in [0.15, 0.2) is 9.84 Å². The number of likely N-dealkylation sites (N-methyl/N-ethyl adjacent to an activating group) is 1. The van der Waals surface area contributed by atoms with Crippen LogP contribution >= 0.6 is 0 Å². The number of carbonyl (C=O) groups excluding carboxylic acids is 1. The summed E-state index contributed by atoms with van der Waals surface area (Å²) >= 11 is 0. The summed E-state index contributed by atoms with van der Waals surface area (Å²) in [4.78, 5) is 16.3. The molecule has 5 nitrogen and oxygen atoms in total. The van der Waals surface area contributed by atoms with Crippen LogP contribution in [0, 0.1) is 0 Å². The molecule has 1 heterocycles. The van der Waals surface area contributed by atoms with E-state index in [1.54, 1.807) is 23.1 Å². The summed E-state index contributed by atoms with van der Waals surface area (Å²) in [5, 5.41) is 0. The molecule has 0 bridgehead atoms. The van der Waals surface area contributed by atoms with E-state index in [1.807, 2.05) is 31.9 Å². The Balaban J connectivity index is 2.21. The predicted molar refractivity (Wildman–Crippen MR) is 81.7 cm³/mol. The third kappa shape index (κ3) is 3.63. The Morgan fingerprint density at radius 2 is 2.00 bits per heavy atom. The van der Waals surface area contributed by atoms with E-state index in [-0.39, 0.29) is 24.2 Å². The van der Waals surface area contributed by atoms with Crippen molar-refractivity contribution in [3.63, 3.8) is 0 Å². The van der Waals surface area contributed by atoms with Gasteiger partial charge in [0.1, 0.15) is 0 Å². The Hall–Kier alpha value is -1.40. The van der Waals surface area contributed by atoms with Crippen LogP contribution in [-0.4, -0.2) is 56.1 Å². The fourth-order valence-electron chi connectivity index (χ4n) is 2.27. The minimum Gasteiger partial charge on any atom is -0.336 e. The first kappa shape index (κ1) is 16.0. The lowest BCUT2D eigenvalue weighted by atomic mass is 10.2. The van der Waals surface area contributed by atoms with Gasteiger partial charge in [0, 0.05) is 19.1 Å². The van der Waals surface area contributed by atoms with Gasteiger partial charge in [0.05, 0.1) is 17.2 Å². The number of nitrogens with zero attached hydrogens (tertiary/aromatic N) is 2. The van der Waals surface area contributed by atoms with E-state index < -0.39 is 9.84 Å². The Labute approximate surface area is 126 Å². The van der Waals surface area contributed by atoms with Crippen LogP contribution in [0.4, 0.5) is 0 Å². The fraction of sp³-hybridized carbons (Fsp3) is 0.533. The lowest BCUT2D eigenvalue weighted by Crippen LogP contribution is -2.41. The first-order valence-corrected chi connectivity index (χ1v) is 8.75. The van der Waals surface area contributed by atoms with Crippen LogP contribution in [-0.2, 0) is 21.2 Å². The molecule has 1 aliphatic heterocycles. The van der Waals surface area contributed by atoms with Crippen LogP contribution in [0.25, 0.3) is 0 Å². The molecule has 0 radical (unpaired) electrons. The molecule has 21 heavy (non-hydrogen) atoms. The van der Waals surface area contributed by atoms with Gasteiger partial charge in [-0.25, -0.2) is 8.42 Å². The SMILES string of the molecule is CC(C)N(C)CC(=O)N1CCS(=O)(=O)c2ccccc2C1. The molecular formula is C15H22N2O3S. The number of hydrogen-bond acceptors (Lipinski definition) is 4. The lowest BCUT2D eigenvalue weighted by molar-refractivity contribution is -0.132. The first-order valence-electron chi connectivity index (χ1n) is 7.10. The van der Waals surface area contributed by atoms with Crippen molar-refractivity contribution in [1.82, 2.24) is 9.80 Å². The van der Waals surface area contributed by atoms with Gasteiger partial charge in [-0.3, -0.25) is 9.69 Å². The van der Waals surface area contributed by atoms with Gasteiger partial charge in [-0.1, -0.05) is 18.2 Å². The van der Waals surface area contributed by atoms with Gasteiger partial charge in [-0.15, -0.1) is 0 Å². The summed E-state index contributed by atoms with van der Waals surface area (Å²) in [5.41, 5.74) is 0.704. The number of sulfone groups is 1. The lowest BCUT2D eigenvalue weighted by Gasteiger charge is -2.26. The van der Waals surface area contributed by atoms with Crippen molar-refractivity contribution in [3.8, 4) is 0 Å². The second kappa shape index (κ2) is 6.15. The highest BCUT2D eigenvalue weighted by Crippen LogP contribution is 2.22. The van der Waals surface area contributed by atoms with E-state index in [4.69, 9.17) is 0 Å². The average Bonchev–Trinajstić information content (AvgIpc) is 2.56. The van der Waals surface area contributed by atoms with Crippen LogP contribution in [0.2, 0.25) is 0 Å². The number of carbonyl (C=O) groups is 1. The average molecular weight is 310 g/mol. The standard InChI is InChI=1S/C15H22N2O3S/c1-12(2)16(3)11-15(18)17-8-9-21(19,20)14-7-5-4-6-13(14)10-17/h4-7,12H,8-11H2,1-3H3. The largest absolute Gasteiger partial charge is 0.336 e. The molecule has 0 aliphatic carbocycles. The van der Waals surface area contributed by atoms with Crippen molar-refractivity contribution >= 4 is 15.7 Å². The van der Waals surface area contributed by atoms with Gasteiger partial charge in [0.25, 0.3) is 0 Å². The predicted octanol–water partition coefficient (Wildman–Crippen LogP) is 1.14. The van der Waals surface area contributed by atoms with E-state index in [2.05, 4.69) is 0 Å². The third-order valence-corrected chi connectivity index (χ3v) is 5.71. The summed E-state index contributed by atoms with van der Waals surface area (Å²) < 4.78 is 24.5. The second-order valence-corrected chi connectivity index (χ2v) is 7.83. The third-order valence-electron chi connectivity index (χ3n) is 3.92. The molecule has 0 aromatic heterocycles.